The summed E-state index contributed by atoms with van der Waals surface area (Å²) in [6.07, 6.45) is 0. The van der Waals surface area contributed by atoms with Crippen LogP contribution in [0.5, 0.6) is 0 Å². The number of benzene rings is 7. The molecule has 0 bridgehead atoms. The minimum Gasteiger partial charge on any atom is -0.456 e. The van der Waals surface area contributed by atoms with Crippen molar-refractivity contribution < 1.29 is 4.42 Å². The minimum absolute atomic E-state index is 0.610. The van der Waals surface area contributed by atoms with E-state index >= 15 is 0 Å². The summed E-state index contributed by atoms with van der Waals surface area (Å²) in [6.45, 7) is 2.09. The van der Waals surface area contributed by atoms with E-state index < -0.39 is 0 Å². The molecule has 0 saturated carbocycles. The number of hydrogen-bond donors (Lipinski definition) is 0. The second-order valence-corrected chi connectivity index (χ2v) is 12.1. The highest BCUT2D eigenvalue weighted by Crippen LogP contribution is 2.39. The molecule has 0 atom stereocenters. The van der Waals surface area contributed by atoms with Crippen LogP contribution in [0.1, 0.15) is 5.56 Å². The van der Waals surface area contributed by atoms with Crippen molar-refractivity contribution in [2.75, 3.05) is 0 Å². The number of hydrogen-bond acceptors (Lipinski definition) is 4. The average Bonchev–Trinajstić information content (AvgIpc) is 3.54. The van der Waals surface area contributed by atoms with Crippen molar-refractivity contribution in [1.29, 1.82) is 0 Å². The molecule has 2 aromatic heterocycles. The molecule has 7 aromatic carbocycles. The van der Waals surface area contributed by atoms with Gasteiger partial charge in [-0.2, -0.15) is 0 Å². The summed E-state index contributed by atoms with van der Waals surface area (Å²) >= 11 is 0. The number of furan rings is 1. The molecule has 48 heavy (non-hydrogen) atoms. The summed E-state index contributed by atoms with van der Waals surface area (Å²) in [4.78, 5) is 15.4. The predicted molar refractivity (Wildman–Crippen MR) is 197 cm³/mol. The zero-order valence-electron chi connectivity index (χ0n) is 26.3. The van der Waals surface area contributed by atoms with E-state index in [0.29, 0.717) is 17.5 Å². The third-order valence-electron chi connectivity index (χ3n) is 9.02. The molecule has 0 radical (unpaired) electrons. The van der Waals surface area contributed by atoms with Crippen LogP contribution in [0, 0.1) is 6.92 Å². The molecule has 0 aliphatic carbocycles. The maximum absolute atomic E-state index is 6.23. The van der Waals surface area contributed by atoms with E-state index in [1.807, 2.05) is 42.5 Å². The quantitative estimate of drug-likeness (QED) is 0.193. The van der Waals surface area contributed by atoms with Crippen LogP contribution in [0.4, 0.5) is 0 Å². The second kappa shape index (κ2) is 11.4. The molecule has 0 N–H and O–H groups in total. The summed E-state index contributed by atoms with van der Waals surface area (Å²) in [5.41, 5.74) is 10.3. The Kier molecular flexibility index (Phi) is 6.65. The maximum atomic E-state index is 6.23. The molecular formula is C44H29N3O. The Balaban J connectivity index is 1.24. The zero-order valence-corrected chi connectivity index (χ0v) is 26.3. The first-order valence-electron chi connectivity index (χ1n) is 16.1. The van der Waals surface area contributed by atoms with Crippen LogP contribution in [-0.4, -0.2) is 15.0 Å². The molecule has 226 valence electrons. The standard InChI is InChI=1S/C44H29N3O/c1-28-11-9-14-32(27-28)42-45-43(47-44(46-42)38-18-10-20-40-41(38)37-17-7-8-19-39(37)48-40)36-26-25-33(34-15-5-6-16-35(34)36)31-23-21-30(22-24-31)29-12-3-2-4-13-29/h2-27H,1H3. The van der Waals surface area contributed by atoms with E-state index in [1.165, 1.54) is 11.1 Å². The van der Waals surface area contributed by atoms with Crippen LogP contribution in [0.3, 0.4) is 0 Å². The number of aromatic nitrogens is 3. The van der Waals surface area contributed by atoms with E-state index in [0.717, 1.165) is 66.1 Å². The Hall–Kier alpha value is -6.39. The molecule has 9 rings (SSSR count). The second-order valence-electron chi connectivity index (χ2n) is 12.1. The van der Waals surface area contributed by atoms with Gasteiger partial charge >= 0.3 is 0 Å². The van der Waals surface area contributed by atoms with Gasteiger partial charge in [-0.15, -0.1) is 0 Å². The highest BCUT2D eigenvalue weighted by atomic mass is 16.3. The lowest BCUT2D eigenvalue weighted by atomic mass is 9.93. The largest absolute Gasteiger partial charge is 0.456 e. The van der Waals surface area contributed by atoms with Gasteiger partial charge < -0.3 is 4.42 Å². The Labute approximate surface area is 278 Å². The fourth-order valence-electron chi connectivity index (χ4n) is 6.71. The lowest BCUT2D eigenvalue weighted by molar-refractivity contribution is 0.669. The monoisotopic (exact) mass is 615 g/mol. The van der Waals surface area contributed by atoms with E-state index in [4.69, 9.17) is 19.4 Å². The number of nitrogens with zero attached hydrogens (tertiary/aromatic N) is 3. The smallest absolute Gasteiger partial charge is 0.164 e. The molecule has 0 aliphatic rings. The topological polar surface area (TPSA) is 51.8 Å². The van der Waals surface area contributed by atoms with Crippen molar-refractivity contribution in [1.82, 2.24) is 15.0 Å². The molecule has 0 saturated heterocycles. The lowest BCUT2D eigenvalue weighted by Gasteiger charge is -2.14. The van der Waals surface area contributed by atoms with Crippen LogP contribution < -0.4 is 0 Å². The molecule has 0 aliphatic heterocycles. The SMILES string of the molecule is Cc1cccc(-c2nc(-c3ccc(-c4ccc(-c5ccccc5)cc4)c4ccccc34)nc(-c3cccc4oc5ccccc5c34)n2)c1. The van der Waals surface area contributed by atoms with E-state index in [-0.39, 0.29) is 0 Å². The number of para-hydroxylation sites is 1. The van der Waals surface area contributed by atoms with Gasteiger partial charge in [-0.25, -0.2) is 15.0 Å². The summed E-state index contributed by atoms with van der Waals surface area (Å²) in [5, 5.41) is 4.26. The fraction of sp³-hybridized carbons (Fsp3) is 0.0227. The van der Waals surface area contributed by atoms with Gasteiger partial charge in [0.05, 0.1) is 0 Å². The summed E-state index contributed by atoms with van der Waals surface area (Å²) in [7, 11) is 0. The highest BCUT2D eigenvalue weighted by Gasteiger charge is 2.19. The molecule has 2 heterocycles. The molecule has 0 amide bonds. The summed E-state index contributed by atoms with van der Waals surface area (Å²) < 4.78 is 6.23. The number of aryl methyl sites for hydroxylation is 1. The van der Waals surface area contributed by atoms with Crippen LogP contribution in [0.2, 0.25) is 0 Å². The Bertz CT molecular complexity index is 2620. The first-order valence-corrected chi connectivity index (χ1v) is 16.1. The van der Waals surface area contributed by atoms with Gasteiger partial charge in [0, 0.05) is 27.5 Å². The summed E-state index contributed by atoms with van der Waals surface area (Å²) in [6, 6.07) is 54.6. The number of rotatable bonds is 5. The fourth-order valence-corrected chi connectivity index (χ4v) is 6.71. The third kappa shape index (κ3) is 4.83. The Morgan fingerprint density at radius 1 is 0.375 bits per heavy atom. The summed E-state index contributed by atoms with van der Waals surface area (Å²) in [5.74, 6) is 1.87. The maximum Gasteiger partial charge on any atom is 0.164 e. The average molecular weight is 616 g/mol. The molecule has 4 nitrogen and oxygen atoms in total. The third-order valence-corrected chi connectivity index (χ3v) is 9.02. The van der Waals surface area contributed by atoms with Gasteiger partial charge in [-0.3, -0.25) is 0 Å². The number of fused-ring (bicyclic) bond motifs is 4. The molecule has 9 aromatic rings. The van der Waals surface area contributed by atoms with Crippen LogP contribution >= 0.6 is 0 Å². The van der Waals surface area contributed by atoms with Crippen LogP contribution in [-0.2, 0) is 0 Å². The molecule has 0 spiro atoms. The van der Waals surface area contributed by atoms with Crippen LogP contribution in [0.15, 0.2) is 162 Å². The lowest BCUT2D eigenvalue weighted by Crippen LogP contribution is -2.01. The van der Waals surface area contributed by atoms with Gasteiger partial charge in [-0.1, -0.05) is 139 Å². The Morgan fingerprint density at radius 3 is 1.73 bits per heavy atom. The molecule has 0 fully saturated rings. The van der Waals surface area contributed by atoms with Gasteiger partial charge in [0.2, 0.25) is 0 Å². The first kappa shape index (κ1) is 27.9. The van der Waals surface area contributed by atoms with Crippen molar-refractivity contribution in [2.45, 2.75) is 6.92 Å². The molecule has 0 unspecified atom stereocenters. The molecular weight excluding hydrogens is 587 g/mol. The van der Waals surface area contributed by atoms with Crippen molar-refractivity contribution in [3.05, 3.63) is 163 Å². The Morgan fingerprint density at radius 2 is 0.938 bits per heavy atom. The molecule has 4 heteroatoms. The van der Waals surface area contributed by atoms with Crippen molar-refractivity contribution in [3.8, 4) is 56.4 Å². The van der Waals surface area contributed by atoms with Gasteiger partial charge in [-0.05, 0) is 64.2 Å². The normalized spacial score (nSPS) is 11.4. The van der Waals surface area contributed by atoms with Gasteiger partial charge in [0.1, 0.15) is 11.2 Å². The minimum atomic E-state index is 0.610. The highest BCUT2D eigenvalue weighted by molar-refractivity contribution is 6.12. The zero-order chi connectivity index (χ0) is 32.0. The predicted octanol–water partition coefficient (Wildman–Crippen LogP) is 11.6. The van der Waals surface area contributed by atoms with Crippen molar-refractivity contribution >= 4 is 32.7 Å². The van der Waals surface area contributed by atoms with Crippen molar-refractivity contribution in [2.24, 2.45) is 0 Å². The van der Waals surface area contributed by atoms with E-state index in [2.05, 4.69) is 122 Å². The van der Waals surface area contributed by atoms with Gasteiger partial charge in [0.15, 0.2) is 17.5 Å². The van der Waals surface area contributed by atoms with Crippen molar-refractivity contribution in [3.63, 3.8) is 0 Å². The van der Waals surface area contributed by atoms with E-state index in [1.54, 1.807) is 0 Å². The first-order chi connectivity index (χ1) is 23.7. The van der Waals surface area contributed by atoms with E-state index in [9.17, 15) is 0 Å². The van der Waals surface area contributed by atoms with Crippen LogP contribution in [0.25, 0.3) is 89.1 Å². The van der Waals surface area contributed by atoms with Gasteiger partial charge in [0.25, 0.3) is 0 Å².